The fourth-order valence-corrected chi connectivity index (χ4v) is 3.22. The predicted octanol–water partition coefficient (Wildman–Crippen LogP) is 3.03. The maximum absolute atomic E-state index is 12.0. The molecular formula is C21H23NO4S. The number of esters is 1. The number of rotatable bonds is 10. The molecule has 0 aliphatic rings. The van der Waals surface area contributed by atoms with Gasteiger partial charge in [0.1, 0.15) is 0 Å². The molecular weight excluding hydrogens is 362 g/mol. The van der Waals surface area contributed by atoms with Gasteiger partial charge in [0.25, 0.3) is 5.91 Å². The Labute approximate surface area is 163 Å². The zero-order chi connectivity index (χ0) is 19.5. The summed E-state index contributed by atoms with van der Waals surface area (Å²) in [6.07, 6.45) is 0.622. The van der Waals surface area contributed by atoms with Crippen LogP contribution in [0.25, 0.3) is 0 Å². The normalized spacial score (nSPS) is 11.4. The molecule has 0 aliphatic carbocycles. The molecule has 0 fully saturated rings. The van der Waals surface area contributed by atoms with E-state index >= 15 is 0 Å². The maximum Gasteiger partial charge on any atom is 0.307 e. The minimum Gasteiger partial charge on any atom is -0.456 e. The van der Waals surface area contributed by atoms with E-state index in [4.69, 9.17) is 4.74 Å². The van der Waals surface area contributed by atoms with Gasteiger partial charge in [-0.15, -0.1) is 11.8 Å². The summed E-state index contributed by atoms with van der Waals surface area (Å²) in [6, 6.07) is 18.6. The summed E-state index contributed by atoms with van der Waals surface area (Å²) in [6.45, 7) is 1.05. The molecule has 0 radical (unpaired) electrons. The largest absolute Gasteiger partial charge is 0.456 e. The van der Waals surface area contributed by atoms with Crippen molar-refractivity contribution in [2.75, 3.05) is 12.4 Å². The molecule has 2 rings (SSSR count). The number of thioether (sulfide) groups is 1. The van der Waals surface area contributed by atoms with Crippen molar-refractivity contribution in [2.45, 2.75) is 30.7 Å². The molecule has 0 saturated heterocycles. The Morgan fingerprint density at radius 1 is 1.00 bits per heavy atom. The molecule has 0 aromatic heterocycles. The molecule has 0 aliphatic heterocycles. The van der Waals surface area contributed by atoms with Crippen LogP contribution in [0.15, 0.2) is 65.6 Å². The number of hydrogen-bond donors (Lipinski definition) is 1. The van der Waals surface area contributed by atoms with Crippen molar-refractivity contribution in [3.05, 3.63) is 66.2 Å². The summed E-state index contributed by atoms with van der Waals surface area (Å²) in [4.78, 5) is 36.6. The van der Waals surface area contributed by atoms with Crippen LogP contribution in [0, 0.1) is 0 Å². The number of carbonyl (C=O) groups excluding carboxylic acids is 3. The fourth-order valence-electron chi connectivity index (χ4n) is 2.37. The molecule has 5 nitrogen and oxygen atoms in total. The molecule has 0 bridgehead atoms. The number of Topliss-reactive ketones (excluding diaryl/α,β-unsaturated/α-hetero) is 1. The van der Waals surface area contributed by atoms with Gasteiger partial charge in [-0.25, -0.2) is 0 Å². The molecule has 1 amide bonds. The van der Waals surface area contributed by atoms with Crippen molar-refractivity contribution >= 4 is 29.4 Å². The average Bonchev–Trinajstić information content (AvgIpc) is 2.67. The van der Waals surface area contributed by atoms with Crippen LogP contribution >= 0.6 is 11.8 Å². The van der Waals surface area contributed by atoms with Gasteiger partial charge in [-0.3, -0.25) is 14.4 Å². The second-order valence-electron chi connectivity index (χ2n) is 5.99. The van der Waals surface area contributed by atoms with E-state index < -0.39 is 17.9 Å². The van der Waals surface area contributed by atoms with E-state index in [1.54, 1.807) is 11.8 Å². The Balaban J connectivity index is 1.70. The standard InChI is InChI=1S/C21H23NO4S/c1-16(23)19(14-17-8-4-2-5-9-17)22-20(24)15-26-21(25)12-13-27-18-10-6-3-7-11-18/h2-11,19H,12-15H2,1H3,(H,22,24)/t19-/m0/s1. The SMILES string of the molecule is CC(=O)[C@H](Cc1ccccc1)NC(=O)COC(=O)CCSc1ccccc1. The molecule has 6 heteroatoms. The Bertz CT molecular complexity index is 749. The van der Waals surface area contributed by atoms with Crippen molar-refractivity contribution in [2.24, 2.45) is 0 Å². The van der Waals surface area contributed by atoms with E-state index in [1.165, 1.54) is 6.92 Å². The molecule has 0 unspecified atom stereocenters. The Kier molecular flexibility index (Phi) is 8.58. The van der Waals surface area contributed by atoms with Gasteiger partial charge in [0.15, 0.2) is 12.4 Å². The molecule has 0 heterocycles. The lowest BCUT2D eigenvalue weighted by molar-refractivity contribution is -0.148. The van der Waals surface area contributed by atoms with Crippen LogP contribution in [0.5, 0.6) is 0 Å². The first-order valence-corrected chi connectivity index (χ1v) is 9.70. The predicted molar refractivity (Wildman–Crippen MR) is 105 cm³/mol. The third-order valence-corrected chi connectivity index (χ3v) is 4.80. The monoisotopic (exact) mass is 385 g/mol. The third kappa shape index (κ3) is 8.09. The zero-order valence-corrected chi connectivity index (χ0v) is 16.0. The van der Waals surface area contributed by atoms with Crippen LogP contribution in [0.3, 0.4) is 0 Å². The fraction of sp³-hybridized carbons (Fsp3) is 0.286. The van der Waals surface area contributed by atoms with Crippen LogP contribution in [0.2, 0.25) is 0 Å². The van der Waals surface area contributed by atoms with Gasteiger partial charge in [0, 0.05) is 10.6 Å². The van der Waals surface area contributed by atoms with Gasteiger partial charge in [-0.05, 0) is 31.0 Å². The van der Waals surface area contributed by atoms with Gasteiger partial charge in [0.2, 0.25) is 0 Å². The van der Waals surface area contributed by atoms with Crippen molar-refractivity contribution < 1.29 is 19.1 Å². The lowest BCUT2D eigenvalue weighted by Crippen LogP contribution is -2.43. The lowest BCUT2D eigenvalue weighted by Gasteiger charge is -2.16. The molecule has 0 spiro atoms. The first-order valence-electron chi connectivity index (χ1n) is 8.72. The number of ether oxygens (including phenoxy) is 1. The van der Waals surface area contributed by atoms with E-state index in [0.717, 1.165) is 10.5 Å². The molecule has 27 heavy (non-hydrogen) atoms. The summed E-state index contributed by atoms with van der Waals surface area (Å²) in [5, 5.41) is 2.63. The van der Waals surface area contributed by atoms with Gasteiger partial charge in [-0.2, -0.15) is 0 Å². The van der Waals surface area contributed by atoms with E-state index in [-0.39, 0.29) is 18.8 Å². The average molecular weight is 385 g/mol. The zero-order valence-electron chi connectivity index (χ0n) is 15.2. The number of benzene rings is 2. The summed E-state index contributed by atoms with van der Waals surface area (Å²) in [7, 11) is 0. The highest BCUT2D eigenvalue weighted by atomic mass is 32.2. The molecule has 1 atom stereocenters. The van der Waals surface area contributed by atoms with Crippen molar-refractivity contribution in [1.29, 1.82) is 0 Å². The smallest absolute Gasteiger partial charge is 0.307 e. The van der Waals surface area contributed by atoms with E-state index in [1.807, 2.05) is 60.7 Å². The third-order valence-electron chi connectivity index (χ3n) is 3.79. The number of amides is 1. The van der Waals surface area contributed by atoms with Gasteiger partial charge < -0.3 is 10.1 Å². The molecule has 142 valence electrons. The minimum atomic E-state index is -0.632. The second kappa shape index (κ2) is 11.2. The van der Waals surface area contributed by atoms with Gasteiger partial charge in [-0.1, -0.05) is 48.5 Å². The molecule has 0 saturated carbocycles. The highest BCUT2D eigenvalue weighted by molar-refractivity contribution is 7.99. The number of carbonyl (C=O) groups is 3. The van der Waals surface area contributed by atoms with Gasteiger partial charge in [0.05, 0.1) is 12.5 Å². The first kappa shape index (κ1) is 20.7. The first-order chi connectivity index (χ1) is 13.0. The van der Waals surface area contributed by atoms with E-state index in [9.17, 15) is 14.4 Å². The molecule has 2 aromatic carbocycles. The number of ketones is 1. The summed E-state index contributed by atoms with van der Waals surface area (Å²) in [5.41, 5.74) is 0.952. The van der Waals surface area contributed by atoms with Crippen molar-refractivity contribution in [3.63, 3.8) is 0 Å². The van der Waals surface area contributed by atoms with Crippen LogP contribution < -0.4 is 5.32 Å². The number of nitrogens with one attached hydrogen (secondary N) is 1. The number of hydrogen-bond acceptors (Lipinski definition) is 5. The van der Waals surface area contributed by atoms with Crippen LogP contribution in [-0.2, 0) is 25.5 Å². The van der Waals surface area contributed by atoms with E-state index in [2.05, 4.69) is 5.32 Å². The van der Waals surface area contributed by atoms with Crippen LogP contribution in [-0.4, -0.2) is 36.1 Å². The Morgan fingerprint density at radius 3 is 2.26 bits per heavy atom. The van der Waals surface area contributed by atoms with Crippen LogP contribution in [0.1, 0.15) is 18.9 Å². The summed E-state index contributed by atoms with van der Waals surface area (Å²) in [5.74, 6) is -0.474. The molecule has 2 aromatic rings. The van der Waals surface area contributed by atoms with E-state index in [0.29, 0.717) is 12.2 Å². The summed E-state index contributed by atoms with van der Waals surface area (Å²) < 4.78 is 5.00. The highest BCUT2D eigenvalue weighted by Crippen LogP contribution is 2.17. The highest BCUT2D eigenvalue weighted by Gasteiger charge is 2.18. The van der Waals surface area contributed by atoms with Gasteiger partial charge >= 0.3 is 5.97 Å². The van der Waals surface area contributed by atoms with Crippen molar-refractivity contribution in [1.82, 2.24) is 5.32 Å². The van der Waals surface area contributed by atoms with Crippen molar-refractivity contribution in [3.8, 4) is 0 Å². The minimum absolute atomic E-state index is 0.141. The van der Waals surface area contributed by atoms with Crippen LogP contribution in [0.4, 0.5) is 0 Å². The lowest BCUT2D eigenvalue weighted by atomic mass is 10.0. The Morgan fingerprint density at radius 2 is 1.63 bits per heavy atom. The topological polar surface area (TPSA) is 72.5 Å². The Hall–Kier alpha value is -2.60. The second-order valence-corrected chi connectivity index (χ2v) is 7.16. The quantitative estimate of drug-likeness (QED) is 0.503. The summed E-state index contributed by atoms with van der Waals surface area (Å²) >= 11 is 1.55. The maximum atomic E-state index is 12.0. The molecule has 1 N–H and O–H groups in total.